The van der Waals surface area contributed by atoms with Crippen molar-refractivity contribution in [2.75, 3.05) is 7.05 Å². The Bertz CT molecular complexity index is 796. The minimum atomic E-state index is -4.29. The Hall–Kier alpha value is -2.57. The molecule has 0 bridgehead atoms. The molecule has 0 heterocycles. The van der Waals surface area contributed by atoms with E-state index in [4.69, 9.17) is 4.74 Å². The van der Waals surface area contributed by atoms with Crippen LogP contribution < -0.4 is 15.4 Å². The van der Waals surface area contributed by atoms with E-state index >= 15 is 0 Å². The molecule has 150 valence electrons. The number of nitrogens with one attached hydrogen (secondary N) is 3. The van der Waals surface area contributed by atoms with Crippen LogP contribution in [0.3, 0.4) is 0 Å². The maximum Gasteiger partial charge on any atom is 0.327 e. The average Bonchev–Trinajstić information content (AvgIpc) is 2.59. The number of imide groups is 1. The molecular weight excluding hydrogens is 385 g/mol. The van der Waals surface area contributed by atoms with Gasteiger partial charge in [0.15, 0.2) is 6.10 Å². The molecule has 0 saturated heterocycles. The van der Waals surface area contributed by atoms with Crippen molar-refractivity contribution in [3.8, 4) is 0 Å². The third-order valence-corrected chi connectivity index (χ3v) is 4.73. The molecule has 3 unspecified atom stereocenters. The number of carbonyl (C=O) groups excluding carboxylic acids is 3. The summed E-state index contributed by atoms with van der Waals surface area (Å²) in [6, 6.07) is 1.20. The molecule has 0 aromatic heterocycles. The lowest BCUT2D eigenvalue weighted by Crippen LogP contribution is -2.51. The molecule has 12 heteroatoms. The number of aliphatic hydroxyl groups excluding tert-OH is 1. The Morgan fingerprint density at radius 1 is 1.15 bits per heavy atom. The second kappa shape index (κ2) is 9.39. The van der Waals surface area contributed by atoms with Crippen LogP contribution in [0.2, 0.25) is 0 Å². The fraction of sp³-hybridized carbons (Fsp3) is 0.400. The second-order valence-corrected chi connectivity index (χ2v) is 7.15. The van der Waals surface area contributed by atoms with Crippen molar-refractivity contribution in [3.63, 3.8) is 0 Å². The van der Waals surface area contributed by atoms with Gasteiger partial charge in [-0.1, -0.05) is 0 Å². The third kappa shape index (κ3) is 6.58. The van der Waals surface area contributed by atoms with Gasteiger partial charge in [-0.15, -0.1) is 0 Å². The monoisotopic (exact) mass is 405 g/mol. The summed E-state index contributed by atoms with van der Waals surface area (Å²) in [4.78, 5) is 34.6. The van der Waals surface area contributed by atoms with Crippen LogP contribution in [0.1, 0.15) is 13.8 Å². The number of ether oxygens (including phenoxy) is 1. The lowest BCUT2D eigenvalue weighted by atomic mass is 10.2. The van der Waals surface area contributed by atoms with Gasteiger partial charge >= 0.3 is 12.0 Å². The number of rotatable bonds is 7. The Morgan fingerprint density at radius 2 is 1.70 bits per heavy atom. The zero-order valence-electron chi connectivity index (χ0n) is 14.7. The minimum Gasteiger partial charge on any atom is -0.451 e. The predicted molar refractivity (Wildman–Crippen MR) is 90.3 cm³/mol. The molecule has 4 N–H and O–H groups in total. The highest BCUT2D eigenvalue weighted by atomic mass is 32.2. The number of carbonyl (C=O) groups is 3. The van der Waals surface area contributed by atoms with Gasteiger partial charge < -0.3 is 15.2 Å². The van der Waals surface area contributed by atoms with E-state index in [-0.39, 0.29) is 4.90 Å². The maximum absolute atomic E-state index is 12.9. The summed E-state index contributed by atoms with van der Waals surface area (Å²) in [5, 5.41) is 13.7. The molecule has 0 aliphatic carbocycles. The van der Waals surface area contributed by atoms with Gasteiger partial charge in [0, 0.05) is 7.05 Å². The number of hydrogen-bond donors (Lipinski definition) is 4. The molecular formula is C15H20FN3O7S. The maximum atomic E-state index is 12.9. The fourth-order valence-corrected chi connectivity index (χ4v) is 3.03. The van der Waals surface area contributed by atoms with Crippen molar-refractivity contribution >= 4 is 27.9 Å². The van der Waals surface area contributed by atoms with Crippen LogP contribution >= 0.6 is 0 Å². The van der Waals surface area contributed by atoms with Crippen molar-refractivity contribution in [3.05, 3.63) is 30.1 Å². The Labute approximate surface area is 155 Å². The smallest absolute Gasteiger partial charge is 0.327 e. The van der Waals surface area contributed by atoms with E-state index in [0.29, 0.717) is 0 Å². The molecule has 0 aliphatic rings. The van der Waals surface area contributed by atoms with Gasteiger partial charge in [-0.2, -0.15) is 4.72 Å². The van der Waals surface area contributed by atoms with E-state index in [1.165, 1.54) is 7.05 Å². The third-order valence-electron chi connectivity index (χ3n) is 3.27. The molecule has 10 nitrogen and oxygen atoms in total. The van der Waals surface area contributed by atoms with Crippen LogP contribution in [0, 0.1) is 5.82 Å². The van der Waals surface area contributed by atoms with Crippen LogP contribution in [-0.4, -0.2) is 56.7 Å². The van der Waals surface area contributed by atoms with Crippen LogP contribution in [0.5, 0.6) is 0 Å². The summed E-state index contributed by atoms with van der Waals surface area (Å²) in [5.41, 5.74) is 0. The fourth-order valence-electron chi connectivity index (χ4n) is 1.77. The summed E-state index contributed by atoms with van der Waals surface area (Å²) in [7, 11) is -3.02. The Morgan fingerprint density at radius 3 is 2.19 bits per heavy atom. The molecule has 27 heavy (non-hydrogen) atoms. The first-order valence-corrected chi connectivity index (χ1v) is 9.15. The molecule has 0 radical (unpaired) electrons. The number of urea groups is 1. The summed E-state index contributed by atoms with van der Waals surface area (Å²) < 4.78 is 44.2. The molecule has 3 atom stereocenters. The van der Waals surface area contributed by atoms with E-state index in [2.05, 4.69) is 5.32 Å². The lowest BCUT2D eigenvalue weighted by molar-refractivity contribution is -0.158. The average molecular weight is 405 g/mol. The number of halogens is 1. The summed E-state index contributed by atoms with van der Waals surface area (Å²) >= 11 is 0. The highest BCUT2D eigenvalue weighted by molar-refractivity contribution is 7.89. The number of sulfonamides is 1. The van der Waals surface area contributed by atoms with Crippen LogP contribution in [-0.2, 0) is 24.3 Å². The Balaban J connectivity index is 2.88. The van der Waals surface area contributed by atoms with Gasteiger partial charge in [-0.3, -0.25) is 14.9 Å². The van der Waals surface area contributed by atoms with Crippen LogP contribution in [0.4, 0.5) is 9.18 Å². The Kier molecular flexibility index (Phi) is 7.82. The topological polar surface area (TPSA) is 151 Å². The molecule has 1 aromatic carbocycles. The quantitative estimate of drug-likeness (QED) is 0.435. The van der Waals surface area contributed by atoms with Gasteiger partial charge in [0.25, 0.3) is 5.91 Å². The number of esters is 1. The second-order valence-electron chi connectivity index (χ2n) is 5.44. The first-order valence-electron chi connectivity index (χ1n) is 7.67. The molecule has 1 aromatic rings. The highest BCUT2D eigenvalue weighted by Crippen LogP contribution is 2.12. The van der Waals surface area contributed by atoms with Gasteiger partial charge in [-0.25, -0.2) is 17.6 Å². The van der Waals surface area contributed by atoms with Crippen LogP contribution in [0.25, 0.3) is 0 Å². The van der Waals surface area contributed by atoms with Crippen molar-refractivity contribution in [1.82, 2.24) is 15.4 Å². The van der Waals surface area contributed by atoms with E-state index in [0.717, 1.165) is 38.1 Å². The van der Waals surface area contributed by atoms with E-state index in [9.17, 15) is 32.3 Å². The summed E-state index contributed by atoms with van der Waals surface area (Å²) in [6.07, 6.45) is -2.95. The SMILES string of the molecule is CNC(=O)NC(=O)C(C)OC(=O)C(NS(=O)(=O)c1ccc(F)cc1)C(C)O. The van der Waals surface area contributed by atoms with Crippen molar-refractivity contribution in [2.45, 2.75) is 37.0 Å². The van der Waals surface area contributed by atoms with E-state index in [1.807, 2.05) is 10.0 Å². The standard InChI is InChI=1S/C15H20FN3O7S/c1-8(20)12(14(22)26-9(2)13(21)18-15(23)17-3)19-27(24,25)11-6-4-10(16)5-7-11/h4-9,12,19-20H,1-3H3,(H2,17,18,21,23). The van der Waals surface area contributed by atoms with Gasteiger partial charge in [0.05, 0.1) is 11.0 Å². The first-order chi connectivity index (χ1) is 12.5. The number of hydrogen-bond acceptors (Lipinski definition) is 7. The molecule has 0 spiro atoms. The zero-order chi connectivity index (χ0) is 20.8. The molecule has 1 rings (SSSR count). The molecule has 0 saturated carbocycles. The van der Waals surface area contributed by atoms with Crippen molar-refractivity contribution in [1.29, 1.82) is 0 Å². The summed E-state index contributed by atoms with van der Waals surface area (Å²) in [5.74, 6) is -2.85. The zero-order valence-corrected chi connectivity index (χ0v) is 15.5. The van der Waals surface area contributed by atoms with Crippen molar-refractivity contribution < 1.29 is 37.0 Å². The van der Waals surface area contributed by atoms with Gasteiger partial charge in [-0.05, 0) is 38.1 Å². The van der Waals surface area contributed by atoms with Crippen LogP contribution in [0.15, 0.2) is 29.2 Å². The van der Waals surface area contributed by atoms with Crippen molar-refractivity contribution in [2.24, 2.45) is 0 Å². The van der Waals surface area contributed by atoms with E-state index < -0.39 is 52.0 Å². The lowest BCUT2D eigenvalue weighted by Gasteiger charge is -2.22. The number of aliphatic hydroxyl groups is 1. The minimum absolute atomic E-state index is 0.340. The van der Waals surface area contributed by atoms with E-state index in [1.54, 1.807) is 0 Å². The first kappa shape index (κ1) is 22.5. The van der Waals surface area contributed by atoms with Gasteiger partial charge in [0.2, 0.25) is 10.0 Å². The number of benzene rings is 1. The highest BCUT2D eigenvalue weighted by Gasteiger charge is 2.33. The molecule has 3 amide bonds. The summed E-state index contributed by atoms with van der Waals surface area (Å²) in [6.45, 7) is 2.29. The predicted octanol–water partition coefficient (Wildman–Crippen LogP) is -0.759. The largest absolute Gasteiger partial charge is 0.451 e. The number of amides is 3. The molecule has 0 aliphatic heterocycles. The van der Waals surface area contributed by atoms with Gasteiger partial charge in [0.1, 0.15) is 11.9 Å². The molecule has 0 fully saturated rings. The normalized spacial score (nSPS) is 14.6.